The van der Waals surface area contributed by atoms with Crippen molar-refractivity contribution in [3.05, 3.63) is 27.3 Å². The molecule has 1 aliphatic carbocycles. The minimum Gasteiger partial charge on any atom is -0.369 e. The van der Waals surface area contributed by atoms with Crippen molar-refractivity contribution in [2.24, 2.45) is 11.7 Å². The van der Waals surface area contributed by atoms with Crippen molar-refractivity contribution >= 4 is 50.6 Å². The van der Waals surface area contributed by atoms with Crippen LogP contribution in [0, 0.1) is 12.8 Å². The van der Waals surface area contributed by atoms with E-state index in [2.05, 4.69) is 21.9 Å². The van der Waals surface area contributed by atoms with Gasteiger partial charge in [0, 0.05) is 15.1 Å². The molecule has 5 nitrogen and oxygen atoms in total. The maximum atomic E-state index is 11.2. The highest BCUT2D eigenvalue weighted by Crippen LogP contribution is 2.42. The van der Waals surface area contributed by atoms with Gasteiger partial charge in [-0.3, -0.25) is 4.79 Å². The van der Waals surface area contributed by atoms with Gasteiger partial charge >= 0.3 is 0 Å². The Hall–Kier alpha value is -1.51. The summed E-state index contributed by atoms with van der Waals surface area (Å²) in [6.07, 6.45) is 5.34. The predicted octanol–water partition coefficient (Wildman–Crippen LogP) is 3.76. The SMILES string of the molecule is Cc1nc(Sc2ncnc3sc4c(c23)CC[C@H](C)C4)sc1CC(N)=O. The molecule has 0 aliphatic heterocycles. The molecule has 4 rings (SSSR count). The maximum Gasteiger partial charge on any atom is 0.222 e. The summed E-state index contributed by atoms with van der Waals surface area (Å²) in [7, 11) is 0. The molecule has 0 aromatic carbocycles. The van der Waals surface area contributed by atoms with Crippen LogP contribution in [0.1, 0.15) is 34.4 Å². The largest absolute Gasteiger partial charge is 0.369 e. The molecule has 25 heavy (non-hydrogen) atoms. The number of carbonyl (C=O) groups excluding carboxylic acids is 1. The van der Waals surface area contributed by atoms with Crippen molar-refractivity contribution in [3.63, 3.8) is 0 Å². The normalized spacial score (nSPS) is 17.0. The highest BCUT2D eigenvalue weighted by atomic mass is 32.2. The van der Waals surface area contributed by atoms with E-state index >= 15 is 0 Å². The fraction of sp³-hybridized carbons (Fsp3) is 0.412. The fourth-order valence-electron chi connectivity index (χ4n) is 3.17. The lowest BCUT2D eigenvalue weighted by atomic mass is 9.89. The number of aryl methyl sites for hydroxylation is 2. The van der Waals surface area contributed by atoms with E-state index in [1.807, 2.05) is 6.92 Å². The van der Waals surface area contributed by atoms with Crippen molar-refractivity contribution in [3.8, 4) is 0 Å². The molecular formula is C17H18N4OS3. The third-order valence-electron chi connectivity index (χ3n) is 4.45. The Kier molecular flexibility index (Phi) is 4.51. The van der Waals surface area contributed by atoms with E-state index in [0.717, 1.165) is 43.5 Å². The number of nitrogens with zero attached hydrogens (tertiary/aromatic N) is 3. The third-order valence-corrected chi connectivity index (χ3v) is 7.83. The standard InChI is InChI=1S/C17H18N4OS3/c1-8-3-4-10-12(5-8)23-15-14(10)16(20-7-19-15)25-17-21-9(2)11(24-17)6-13(18)22/h7-8H,3-6H2,1-2H3,(H2,18,22)/t8-/m0/s1. The van der Waals surface area contributed by atoms with Crippen molar-refractivity contribution in [1.29, 1.82) is 0 Å². The highest BCUT2D eigenvalue weighted by Gasteiger charge is 2.24. The van der Waals surface area contributed by atoms with E-state index in [1.165, 1.54) is 33.6 Å². The molecular weight excluding hydrogens is 372 g/mol. The second-order valence-electron chi connectivity index (χ2n) is 6.44. The van der Waals surface area contributed by atoms with Gasteiger partial charge in [0.2, 0.25) is 5.91 Å². The molecule has 0 bridgehead atoms. The molecule has 0 saturated heterocycles. The van der Waals surface area contributed by atoms with Crippen LogP contribution in [0.25, 0.3) is 10.2 Å². The van der Waals surface area contributed by atoms with Crippen LogP contribution in [0.15, 0.2) is 15.7 Å². The summed E-state index contributed by atoms with van der Waals surface area (Å²) in [6, 6.07) is 0. The van der Waals surface area contributed by atoms with Gasteiger partial charge in [-0.15, -0.1) is 22.7 Å². The zero-order valence-corrected chi connectivity index (χ0v) is 16.5. The number of rotatable bonds is 4. The van der Waals surface area contributed by atoms with Crippen LogP contribution in [0.2, 0.25) is 0 Å². The number of nitrogens with two attached hydrogens (primary N) is 1. The molecule has 0 fully saturated rings. The average Bonchev–Trinajstić information content (AvgIpc) is 3.07. The molecule has 3 aromatic rings. The Morgan fingerprint density at radius 1 is 1.40 bits per heavy atom. The number of carbonyl (C=O) groups is 1. The van der Waals surface area contributed by atoms with Crippen molar-refractivity contribution < 1.29 is 4.79 Å². The summed E-state index contributed by atoms with van der Waals surface area (Å²) < 4.78 is 0.901. The second kappa shape index (κ2) is 6.66. The Bertz CT molecular complexity index is 962. The van der Waals surface area contributed by atoms with Gasteiger partial charge in [0.1, 0.15) is 16.2 Å². The molecule has 3 aromatic heterocycles. The number of hydrogen-bond acceptors (Lipinski definition) is 7. The van der Waals surface area contributed by atoms with Crippen molar-refractivity contribution in [2.75, 3.05) is 0 Å². The molecule has 0 saturated carbocycles. The minimum absolute atomic E-state index is 0.245. The quantitative estimate of drug-likeness (QED) is 0.686. The van der Waals surface area contributed by atoms with E-state index < -0.39 is 0 Å². The first-order chi connectivity index (χ1) is 12.0. The Morgan fingerprint density at radius 2 is 2.24 bits per heavy atom. The summed E-state index contributed by atoms with van der Waals surface area (Å²) in [6.45, 7) is 4.23. The smallest absolute Gasteiger partial charge is 0.222 e. The first-order valence-electron chi connectivity index (χ1n) is 8.19. The fourth-order valence-corrected chi connectivity index (χ4v) is 6.86. The molecule has 130 valence electrons. The summed E-state index contributed by atoms with van der Waals surface area (Å²) in [5.41, 5.74) is 7.61. The molecule has 0 spiro atoms. The van der Waals surface area contributed by atoms with Crippen LogP contribution in [0.4, 0.5) is 0 Å². The highest BCUT2D eigenvalue weighted by molar-refractivity contribution is 8.01. The van der Waals surface area contributed by atoms with Crippen LogP contribution in [0.3, 0.4) is 0 Å². The van der Waals surface area contributed by atoms with Crippen LogP contribution < -0.4 is 5.73 Å². The molecule has 0 radical (unpaired) electrons. The van der Waals surface area contributed by atoms with Crippen molar-refractivity contribution in [2.45, 2.75) is 48.9 Å². The van der Waals surface area contributed by atoms with Gasteiger partial charge in [0.15, 0.2) is 4.34 Å². The van der Waals surface area contributed by atoms with Crippen molar-refractivity contribution in [1.82, 2.24) is 15.0 Å². The maximum absolute atomic E-state index is 11.2. The molecule has 0 unspecified atom stereocenters. The number of fused-ring (bicyclic) bond motifs is 3. The topological polar surface area (TPSA) is 81.8 Å². The minimum atomic E-state index is -0.325. The number of primary amides is 1. The molecule has 1 aliphatic rings. The average molecular weight is 391 g/mol. The van der Waals surface area contributed by atoms with Crippen LogP contribution in [-0.4, -0.2) is 20.9 Å². The molecule has 2 N–H and O–H groups in total. The Morgan fingerprint density at radius 3 is 3.04 bits per heavy atom. The van der Waals surface area contributed by atoms with Crippen LogP contribution in [-0.2, 0) is 24.1 Å². The molecule has 1 amide bonds. The number of hydrogen-bond donors (Lipinski definition) is 1. The lowest BCUT2D eigenvalue weighted by Crippen LogP contribution is -2.13. The van der Waals surface area contributed by atoms with Crippen LogP contribution >= 0.6 is 34.4 Å². The van der Waals surface area contributed by atoms with Gasteiger partial charge < -0.3 is 5.73 Å². The molecule has 3 heterocycles. The number of aromatic nitrogens is 3. The molecule has 1 atom stereocenters. The van der Waals surface area contributed by atoms with Gasteiger partial charge in [0.25, 0.3) is 0 Å². The second-order valence-corrected chi connectivity index (χ2v) is 9.85. The van der Waals surface area contributed by atoms with Gasteiger partial charge in [0.05, 0.1) is 12.1 Å². The van der Waals surface area contributed by atoms with E-state index in [0.29, 0.717) is 0 Å². The first-order valence-corrected chi connectivity index (χ1v) is 10.6. The zero-order chi connectivity index (χ0) is 17.6. The lowest BCUT2D eigenvalue weighted by molar-refractivity contribution is -0.117. The lowest BCUT2D eigenvalue weighted by Gasteiger charge is -2.17. The van der Waals surface area contributed by atoms with E-state index in [1.54, 1.807) is 29.4 Å². The van der Waals surface area contributed by atoms with E-state index in [-0.39, 0.29) is 12.3 Å². The van der Waals surface area contributed by atoms with Gasteiger partial charge in [-0.25, -0.2) is 15.0 Å². The Labute approximate surface area is 158 Å². The molecule has 8 heteroatoms. The summed E-state index contributed by atoms with van der Waals surface area (Å²) in [5, 5.41) is 2.17. The van der Waals surface area contributed by atoms with Gasteiger partial charge in [-0.2, -0.15) is 0 Å². The Balaban J connectivity index is 1.71. The number of amides is 1. The summed E-state index contributed by atoms with van der Waals surface area (Å²) in [4.78, 5) is 28.3. The predicted molar refractivity (Wildman–Crippen MR) is 102 cm³/mol. The number of thiophene rings is 1. The summed E-state index contributed by atoms with van der Waals surface area (Å²) >= 11 is 4.90. The van der Waals surface area contributed by atoms with E-state index in [9.17, 15) is 4.79 Å². The monoisotopic (exact) mass is 390 g/mol. The summed E-state index contributed by atoms with van der Waals surface area (Å²) in [5.74, 6) is 0.413. The van der Waals surface area contributed by atoms with E-state index in [4.69, 9.17) is 5.73 Å². The third kappa shape index (κ3) is 3.30. The zero-order valence-electron chi connectivity index (χ0n) is 14.0. The van der Waals surface area contributed by atoms with Gasteiger partial charge in [-0.05, 0) is 49.4 Å². The number of thiazole rings is 1. The van der Waals surface area contributed by atoms with Gasteiger partial charge in [-0.1, -0.05) is 6.92 Å². The van der Waals surface area contributed by atoms with Crippen LogP contribution in [0.5, 0.6) is 0 Å². The first kappa shape index (κ1) is 16.9.